The van der Waals surface area contributed by atoms with Crippen molar-refractivity contribution in [2.45, 2.75) is 58.4 Å². The first-order valence-electron chi connectivity index (χ1n) is 10.6. The zero-order chi connectivity index (χ0) is 21.1. The van der Waals surface area contributed by atoms with Crippen LogP contribution < -0.4 is 4.80 Å². The molecule has 3 aromatic rings. The van der Waals surface area contributed by atoms with Crippen molar-refractivity contribution >= 4 is 22.7 Å². The fourth-order valence-electron chi connectivity index (χ4n) is 4.36. The Morgan fingerprint density at radius 3 is 2.23 bits per heavy atom. The minimum Gasteiger partial charge on any atom is -0.313 e. The van der Waals surface area contributed by atoms with Crippen molar-refractivity contribution in [2.24, 2.45) is 4.99 Å². The van der Waals surface area contributed by atoms with E-state index in [0.717, 1.165) is 34.6 Å². The molecule has 5 nitrogen and oxygen atoms in total. The Hall–Kier alpha value is -2.73. The molecule has 2 aromatic carbocycles. The van der Waals surface area contributed by atoms with Gasteiger partial charge in [-0.1, -0.05) is 31.7 Å². The molecular formula is C24H27N3O2S. The molecule has 0 saturated heterocycles. The number of benzene rings is 2. The van der Waals surface area contributed by atoms with Crippen LogP contribution in [0.1, 0.15) is 55.7 Å². The average molecular weight is 422 g/mol. The summed E-state index contributed by atoms with van der Waals surface area (Å²) >= 11 is 1.65. The van der Waals surface area contributed by atoms with Gasteiger partial charge in [0.2, 0.25) is 0 Å². The van der Waals surface area contributed by atoms with E-state index >= 15 is 0 Å². The van der Waals surface area contributed by atoms with E-state index < -0.39 is 0 Å². The second-order valence-electron chi connectivity index (χ2n) is 8.18. The number of non-ortho nitro benzene ring substituents is 1. The normalized spacial score (nSPS) is 15.9. The third-order valence-electron chi connectivity index (χ3n) is 5.74. The van der Waals surface area contributed by atoms with Crippen LogP contribution >= 0.6 is 11.3 Å². The summed E-state index contributed by atoms with van der Waals surface area (Å²) in [5, 5.41) is 13.2. The molecule has 4 rings (SSSR count). The van der Waals surface area contributed by atoms with E-state index in [1.54, 1.807) is 23.5 Å². The summed E-state index contributed by atoms with van der Waals surface area (Å²) in [6, 6.07) is 13.7. The van der Waals surface area contributed by atoms with Crippen molar-refractivity contribution in [3.63, 3.8) is 0 Å². The van der Waals surface area contributed by atoms with Crippen molar-refractivity contribution in [3.8, 4) is 11.3 Å². The fourth-order valence-corrected chi connectivity index (χ4v) is 5.35. The van der Waals surface area contributed by atoms with Crippen LogP contribution in [0.3, 0.4) is 0 Å². The third-order valence-corrected chi connectivity index (χ3v) is 6.58. The van der Waals surface area contributed by atoms with E-state index in [4.69, 9.17) is 4.99 Å². The molecule has 30 heavy (non-hydrogen) atoms. The SMILES string of the molecule is Cc1cc(C)cc(N=c2scc(-c3ccc([N+](=O)[O-])cc3)n2C2CCCCCC2)c1. The molecule has 0 radical (unpaired) electrons. The molecule has 0 unspecified atom stereocenters. The summed E-state index contributed by atoms with van der Waals surface area (Å²) in [6.45, 7) is 4.20. The molecule has 0 bridgehead atoms. The summed E-state index contributed by atoms with van der Waals surface area (Å²) in [5.41, 5.74) is 5.62. The molecule has 0 aliphatic heterocycles. The van der Waals surface area contributed by atoms with E-state index in [-0.39, 0.29) is 10.6 Å². The van der Waals surface area contributed by atoms with Crippen LogP contribution in [-0.4, -0.2) is 9.49 Å². The van der Waals surface area contributed by atoms with Gasteiger partial charge in [0.05, 0.1) is 16.3 Å². The second-order valence-corrected chi connectivity index (χ2v) is 9.02. The number of hydrogen-bond donors (Lipinski definition) is 0. The maximum absolute atomic E-state index is 11.1. The van der Waals surface area contributed by atoms with Crippen molar-refractivity contribution < 1.29 is 4.92 Å². The lowest BCUT2D eigenvalue weighted by Crippen LogP contribution is -2.21. The Labute approximate surface area is 180 Å². The monoisotopic (exact) mass is 421 g/mol. The molecule has 1 heterocycles. The number of thiazole rings is 1. The number of nitrogens with zero attached hydrogens (tertiary/aromatic N) is 3. The van der Waals surface area contributed by atoms with Crippen LogP contribution in [0.2, 0.25) is 0 Å². The molecule has 1 fully saturated rings. The molecule has 156 valence electrons. The van der Waals surface area contributed by atoms with Gasteiger partial charge in [-0.25, -0.2) is 4.99 Å². The van der Waals surface area contributed by atoms with Gasteiger partial charge >= 0.3 is 0 Å². The number of nitro groups is 1. The number of hydrogen-bond acceptors (Lipinski definition) is 4. The molecule has 0 amide bonds. The van der Waals surface area contributed by atoms with E-state index in [9.17, 15) is 10.1 Å². The highest BCUT2D eigenvalue weighted by Gasteiger charge is 2.20. The van der Waals surface area contributed by atoms with Gasteiger partial charge in [-0.15, -0.1) is 11.3 Å². The third kappa shape index (κ3) is 4.54. The van der Waals surface area contributed by atoms with E-state index in [1.807, 2.05) is 12.1 Å². The highest BCUT2D eigenvalue weighted by molar-refractivity contribution is 7.07. The molecule has 1 aliphatic carbocycles. The highest BCUT2D eigenvalue weighted by atomic mass is 32.1. The first-order chi connectivity index (χ1) is 14.5. The smallest absolute Gasteiger partial charge is 0.269 e. The number of nitro benzene ring substituents is 1. The molecule has 0 atom stereocenters. The van der Waals surface area contributed by atoms with E-state index in [1.165, 1.54) is 36.8 Å². The lowest BCUT2D eigenvalue weighted by atomic mass is 10.1. The molecule has 1 aromatic heterocycles. The van der Waals surface area contributed by atoms with Crippen molar-refractivity contribution in [1.82, 2.24) is 4.57 Å². The van der Waals surface area contributed by atoms with Gasteiger partial charge in [0.1, 0.15) is 0 Å². The quantitative estimate of drug-likeness (QED) is 0.262. The van der Waals surface area contributed by atoms with Gasteiger partial charge in [0.15, 0.2) is 4.80 Å². The predicted molar refractivity (Wildman–Crippen MR) is 122 cm³/mol. The lowest BCUT2D eigenvalue weighted by molar-refractivity contribution is -0.384. The maximum atomic E-state index is 11.1. The summed E-state index contributed by atoms with van der Waals surface area (Å²) < 4.78 is 2.38. The van der Waals surface area contributed by atoms with Crippen LogP contribution in [0.4, 0.5) is 11.4 Å². The first-order valence-corrected chi connectivity index (χ1v) is 11.5. The number of rotatable bonds is 4. The zero-order valence-corrected chi connectivity index (χ0v) is 18.3. The summed E-state index contributed by atoms with van der Waals surface area (Å²) in [5.74, 6) is 0. The Balaban J connectivity index is 1.84. The first kappa shape index (κ1) is 20.5. The van der Waals surface area contributed by atoms with Gasteiger partial charge < -0.3 is 4.57 Å². The van der Waals surface area contributed by atoms with Gasteiger partial charge in [0, 0.05) is 23.6 Å². The van der Waals surface area contributed by atoms with Crippen LogP contribution in [0, 0.1) is 24.0 Å². The Morgan fingerprint density at radius 2 is 1.63 bits per heavy atom. The average Bonchev–Trinajstić information content (AvgIpc) is 2.93. The highest BCUT2D eigenvalue weighted by Crippen LogP contribution is 2.32. The van der Waals surface area contributed by atoms with E-state index in [2.05, 4.69) is 42.0 Å². The Morgan fingerprint density at radius 1 is 1.00 bits per heavy atom. The minimum atomic E-state index is -0.350. The molecule has 0 N–H and O–H groups in total. The van der Waals surface area contributed by atoms with E-state index in [0.29, 0.717) is 6.04 Å². The van der Waals surface area contributed by atoms with Crippen LogP contribution in [0.5, 0.6) is 0 Å². The minimum absolute atomic E-state index is 0.121. The molecule has 1 aliphatic rings. The van der Waals surface area contributed by atoms with Gasteiger partial charge in [0.25, 0.3) is 5.69 Å². The maximum Gasteiger partial charge on any atom is 0.269 e. The van der Waals surface area contributed by atoms with Crippen molar-refractivity contribution in [3.05, 3.63) is 73.9 Å². The summed E-state index contributed by atoms with van der Waals surface area (Å²) in [7, 11) is 0. The van der Waals surface area contributed by atoms with Crippen molar-refractivity contribution in [1.29, 1.82) is 0 Å². The summed E-state index contributed by atoms with van der Waals surface area (Å²) in [6.07, 6.45) is 7.34. The van der Waals surface area contributed by atoms with Gasteiger partial charge in [-0.3, -0.25) is 10.1 Å². The summed E-state index contributed by atoms with van der Waals surface area (Å²) in [4.78, 5) is 16.7. The molecular weight excluding hydrogens is 394 g/mol. The predicted octanol–water partition coefficient (Wildman–Crippen LogP) is 6.87. The Bertz CT molecular complexity index is 1080. The second kappa shape index (κ2) is 8.96. The van der Waals surface area contributed by atoms with Crippen molar-refractivity contribution in [2.75, 3.05) is 0 Å². The van der Waals surface area contributed by atoms with Gasteiger partial charge in [-0.2, -0.15) is 0 Å². The molecule has 6 heteroatoms. The van der Waals surface area contributed by atoms with Gasteiger partial charge in [-0.05, 0) is 67.6 Å². The Kier molecular flexibility index (Phi) is 6.13. The standard InChI is InChI=1S/C24H27N3O2S/c1-17-13-18(2)15-20(14-17)25-24-26(21-7-5-3-4-6-8-21)23(16-30-24)19-9-11-22(12-10-19)27(28)29/h9-16,21H,3-8H2,1-2H3. The fraction of sp³-hybridized carbons (Fsp3) is 0.375. The molecule has 1 saturated carbocycles. The zero-order valence-electron chi connectivity index (χ0n) is 17.5. The number of aromatic nitrogens is 1. The topological polar surface area (TPSA) is 60.4 Å². The largest absolute Gasteiger partial charge is 0.313 e. The van der Waals surface area contributed by atoms with Crippen LogP contribution in [0.25, 0.3) is 11.3 Å². The van der Waals surface area contributed by atoms with Crippen LogP contribution in [0.15, 0.2) is 52.8 Å². The lowest BCUT2D eigenvalue weighted by Gasteiger charge is -2.20. The molecule has 0 spiro atoms. The van der Waals surface area contributed by atoms with Crippen LogP contribution in [-0.2, 0) is 0 Å². The number of aryl methyl sites for hydroxylation is 2.